The van der Waals surface area contributed by atoms with Crippen molar-refractivity contribution < 1.29 is 9.13 Å². The molecule has 1 unspecified atom stereocenters. The molecule has 1 atom stereocenters. The van der Waals surface area contributed by atoms with E-state index in [-0.39, 0.29) is 5.82 Å². The standard InChI is InChI=1S/C22H28FN5O.C2H6/c1-13-11-16(25-3)12-18(26-13)28(4)22-20(23)19(21-17(27-22)9-10-29-21)14-5-7-15(24-2)8-6-14;1-2/h5,11-12,15,24H,6-10H2,1-4H3,(H,25,26);1-2H3. The molecule has 3 heterocycles. The molecule has 0 amide bonds. The monoisotopic (exact) mass is 427 g/mol. The molecule has 2 aromatic heterocycles. The number of fused-ring (bicyclic) bond motifs is 1. The fourth-order valence-corrected chi connectivity index (χ4v) is 4.07. The summed E-state index contributed by atoms with van der Waals surface area (Å²) in [5.74, 6) is 1.22. The Balaban J connectivity index is 0.00000132. The highest BCUT2D eigenvalue weighted by molar-refractivity contribution is 5.77. The number of pyridine rings is 2. The number of rotatable bonds is 5. The van der Waals surface area contributed by atoms with Gasteiger partial charge in [-0.25, -0.2) is 14.4 Å². The van der Waals surface area contributed by atoms with Gasteiger partial charge in [-0.15, -0.1) is 0 Å². The smallest absolute Gasteiger partial charge is 0.177 e. The number of hydrogen-bond donors (Lipinski definition) is 2. The lowest BCUT2D eigenvalue weighted by Gasteiger charge is -2.25. The van der Waals surface area contributed by atoms with E-state index in [0.717, 1.165) is 41.9 Å². The molecule has 0 spiro atoms. The fraction of sp³-hybridized carbons (Fsp3) is 0.500. The Bertz CT molecular complexity index is 959. The predicted molar refractivity (Wildman–Crippen MR) is 126 cm³/mol. The second kappa shape index (κ2) is 10.1. The number of aryl methyl sites for hydroxylation is 1. The summed E-state index contributed by atoms with van der Waals surface area (Å²) in [4.78, 5) is 10.9. The maximum Gasteiger partial charge on any atom is 0.177 e. The van der Waals surface area contributed by atoms with Crippen LogP contribution in [0.1, 0.15) is 50.1 Å². The molecular weight excluding hydrogens is 393 g/mol. The molecule has 1 aliphatic carbocycles. The second-order valence-corrected chi connectivity index (χ2v) is 7.65. The number of anilines is 3. The number of nitrogens with one attached hydrogen (secondary N) is 2. The fourth-order valence-electron chi connectivity index (χ4n) is 4.07. The van der Waals surface area contributed by atoms with E-state index in [0.29, 0.717) is 42.0 Å². The summed E-state index contributed by atoms with van der Waals surface area (Å²) in [5.41, 5.74) is 4.19. The Morgan fingerprint density at radius 3 is 2.58 bits per heavy atom. The maximum absolute atomic E-state index is 15.8. The molecule has 0 saturated carbocycles. The van der Waals surface area contributed by atoms with Gasteiger partial charge in [-0.1, -0.05) is 19.9 Å². The lowest BCUT2D eigenvalue weighted by molar-refractivity contribution is 0.353. The number of aromatic nitrogens is 2. The van der Waals surface area contributed by atoms with Crippen LogP contribution in [0.4, 0.5) is 21.7 Å². The first-order valence-corrected chi connectivity index (χ1v) is 11.1. The van der Waals surface area contributed by atoms with E-state index in [1.165, 1.54) is 0 Å². The van der Waals surface area contributed by atoms with Crippen molar-refractivity contribution in [2.24, 2.45) is 0 Å². The van der Waals surface area contributed by atoms with Crippen LogP contribution in [0.25, 0.3) is 5.57 Å². The van der Waals surface area contributed by atoms with Crippen molar-refractivity contribution in [1.82, 2.24) is 15.3 Å². The molecule has 168 valence electrons. The van der Waals surface area contributed by atoms with Gasteiger partial charge in [0.05, 0.1) is 17.9 Å². The van der Waals surface area contributed by atoms with Crippen molar-refractivity contribution >= 4 is 22.9 Å². The molecule has 2 aliphatic rings. The van der Waals surface area contributed by atoms with Crippen LogP contribution in [0.3, 0.4) is 0 Å². The van der Waals surface area contributed by atoms with Gasteiger partial charge in [0, 0.05) is 44.0 Å². The van der Waals surface area contributed by atoms with Crippen LogP contribution in [-0.4, -0.2) is 43.8 Å². The topological polar surface area (TPSA) is 62.3 Å². The molecule has 0 aromatic carbocycles. The molecule has 7 heteroatoms. The van der Waals surface area contributed by atoms with Gasteiger partial charge in [0.2, 0.25) is 0 Å². The van der Waals surface area contributed by atoms with Gasteiger partial charge in [-0.3, -0.25) is 0 Å². The molecule has 2 N–H and O–H groups in total. The van der Waals surface area contributed by atoms with Crippen LogP contribution in [0.2, 0.25) is 0 Å². The van der Waals surface area contributed by atoms with E-state index in [4.69, 9.17) is 4.74 Å². The first-order chi connectivity index (χ1) is 15.0. The Hall–Kier alpha value is -2.67. The van der Waals surface area contributed by atoms with E-state index in [9.17, 15) is 0 Å². The minimum absolute atomic E-state index is 0.293. The van der Waals surface area contributed by atoms with Crippen molar-refractivity contribution in [3.63, 3.8) is 0 Å². The summed E-state index contributed by atoms with van der Waals surface area (Å²) in [6, 6.07) is 4.29. The van der Waals surface area contributed by atoms with Crippen molar-refractivity contribution in [3.8, 4) is 5.75 Å². The highest BCUT2D eigenvalue weighted by Crippen LogP contribution is 2.42. The zero-order valence-corrected chi connectivity index (χ0v) is 19.5. The third-order valence-electron chi connectivity index (χ3n) is 5.76. The molecule has 0 saturated heterocycles. The molecule has 0 fully saturated rings. The molecular formula is C24H34FN5O. The largest absolute Gasteiger partial charge is 0.491 e. The van der Waals surface area contributed by atoms with E-state index < -0.39 is 0 Å². The first-order valence-electron chi connectivity index (χ1n) is 11.1. The van der Waals surface area contributed by atoms with Gasteiger partial charge in [0.1, 0.15) is 5.82 Å². The Labute approximate surface area is 184 Å². The highest BCUT2D eigenvalue weighted by atomic mass is 19.1. The van der Waals surface area contributed by atoms with Crippen molar-refractivity contribution in [1.29, 1.82) is 0 Å². The SMILES string of the molecule is CC.CNc1cc(C)nc(N(C)c2nc3c(c(C4=CCC(NC)CC4)c2F)OCC3)c1. The van der Waals surface area contributed by atoms with E-state index >= 15 is 4.39 Å². The van der Waals surface area contributed by atoms with Crippen molar-refractivity contribution in [3.05, 3.63) is 41.0 Å². The number of halogens is 1. The summed E-state index contributed by atoms with van der Waals surface area (Å²) in [5, 5.41) is 6.43. The van der Waals surface area contributed by atoms with Crippen LogP contribution in [0, 0.1) is 12.7 Å². The van der Waals surface area contributed by atoms with Crippen LogP contribution < -0.4 is 20.3 Å². The van der Waals surface area contributed by atoms with Crippen molar-refractivity contribution in [2.45, 2.75) is 52.5 Å². The number of allylic oxidation sites excluding steroid dienone is 1. The minimum atomic E-state index is -0.336. The molecule has 0 bridgehead atoms. The Kier molecular flexibility index (Phi) is 7.49. The third kappa shape index (κ3) is 4.66. The normalized spacial score (nSPS) is 17.1. The molecule has 1 aliphatic heterocycles. The van der Waals surface area contributed by atoms with E-state index in [1.807, 2.05) is 54.0 Å². The van der Waals surface area contributed by atoms with Gasteiger partial charge < -0.3 is 20.3 Å². The molecule has 31 heavy (non-hydrogen) atoms. The quantitative estimate of drug-likeness (QED) is 0.711. The molecule has 2 aromatic rings. The minimum Gasteiger partial charge on any atom is -0.491 e. The van der Waals surface area contributed by atoms with E-state index in [2.05, 4.69) is 26.7 Å². The van der Waals surface area contributed by atoms with Gasteiger partial charge in [-0.05, 0) is 44.9 Å². The third-order valence-corrected chi connectivity index (χ3v) is 5.76. The van der Waals surface area contributed by atoms with Crippen LogP contribution in [-0.2, 0) is 6.42 Å². The summed E-state index contributed by atoms with van der Waals surface area (Å²) >= 11 is 0. The summed E-state index contributed by atoms with van der Waals surface area (Å²) in [6.07, 6.45) is 5.52. The zero-order valence-electron chi connectivity index (χ0n) is 19.5. The summed E-state index contributed by atoms with van der Waals surface area (Å²) in [7, 11) is 5.64. The van der Waals surface area contributed by atoms with Gasteiger partial charge >= 0.3 is 0 Å². The first kappa shape index (κ1) is 23.0. The number of nitrogens with zero attached hydrogens (tertiary/aromatic N) is 3. The summed E-state index contributed by atoms with van der Waals surface area (Å²) in [6.45, 7) is 6.47. The average molecular weight is 428 g/mol. The lowest BCUT2D eigenvalue weighted by atomic mass is 9.90. The lowest BCUT2D eigenvalue weighted by Crippen LogP contribution is -2.26. The predicted octanol–water partition coefficient (Wildman–Crippen LogP) is 4.85. The van der Waals surface area contributed by atoms with Gasteiger partial charge in [0.25, 0.3) is 0 Å². The van der Waals surface area contributed by atoms with Crippen LogP contribution in [0.5, 0.6) is 5.75 Å². The van der Waals surface area contributed by atoms with Gasteiger partial charge in [-0.2, -0.15) is 0 Å². The van der Waals surface area contributed by atoms with E-state index in [1.54, 1.807) is 4.90 Å². The average Bonchev–Trinajstić information content (AvgIpc) is 3.27. The molecule has 6 nitrogen and oxygen atoms in total. The highest BCUT2D eigenvalue weighted by Gasteiger charge is 2.30. The molecule has 4 rings (SSSR count). The second-order valence-electron chi connectivity index (χ2n) is 7.65. The van der Waals surface area contributed by atoms with Crippen molar-refractivity contribution in [2.75, 3.05) is 38.0 Å². The molecule has 0 radical (unpaired) electrons. The van der Waals surface area contributed by atoms with Crippen LogP contribution in [0.15, 0.2) is 18.2 Å². The van der Waals surface area contributed by atoms with Gasteiger partial charge in [0.15, 0.2) is 17.4 Å². The Morgan fingerprint density at radius 1 is 1.16 bits per heavy atom. The number of ether oxygens (including phenoxy) is 1. The summed E-state index contributed by atoms with van der Waals surface area (Å²) < 4.78 is 21.6. The Morgan fingerprint density at radius 2 is 1.94 bits per heavy atom. The number of hydrogen-bond acceptors (Lipinski definition) is 6. The maximum atomic E-state index is 15.8. The zero-order chi connectivity index (χ0) is 22.5. The van der Waals surface area contributed by atoms with Crippen LogP contribution >= 0.6 is 0 Å².